The number of hydrogen-bond donors (Lipinski definition) is 0. The Morgan fingerprint density at radius 2 is 1.62 bits per heavy atom. The first-order chi connectivity index (χ1) is 7.50. The molecule has 1 aromatic rings. The van der Waals surface area contributed by atoms with Crippen LogP contribution in [0.5, 0.6) is 0 Å². The molecule has 0 amide bonds. The van der Waals surface area contributed by atoms with Gasteiger partial charge in [-0.2, -0.15) is 0 Å². The fraction of sp³-hybridized carbons (Fsp3) is 0.273. The Balaban J connectivity index is 2.66. The van der Waals surface area contributed by atoms with Gasteiger partial charge >= 0.3 is 11.9 Å². The van der Waals surface area contributed by atoms with E-state index in [1.807, 2.05) is 19.0 Å². The molecule has 0 spiro atoms. The van der Waals surface area contributed by atoms with Gasteiger partial charge in [0.15, 0.2) is 0 Å². The minimum absolute atomic E-state index is 0.326. The number of anilines is 1. The highest BCUT2D eigenvalue weighted by atomic mass is 17.2. The van der Waals surface area contributed by atoms with Gasteiger partial charge in [0.1, 0.15) is 0 Å². The Morgan fingerprint density at radius 3 is 2.06 bits per heavy atom. The molecule has 1 rings (SSSR count). The van der Waals surface area contributed by atoms with Crippen molar-refractivity contribution < 1.29 is 19.4 Å². The molecule has 0 atom stereocenters. The van der Waals surface area contributed by atoms with Crippen LogP contribution in [-0.4, -0.2) is 26.0 Å². The largest absolute Gasteiger partial charge is 0.386 e. The van der Waals surface area contributed by atoms with Gasteiger partial charge in [0.25, 0.3) is 0 Å². The van der Waals surface area contributed by atoms with Crippen molar-refractivity contribution in [3.05, 3.63) is 29.8 Å². The summed E-state index contributed by atoms with van der Waals surface area (Å²) in [5.74, 6) is -1.36. The summed E-state index contributed by atoms with van der Waals surface area (Å²) < 4.78 is 0. The normalized spacial score (nSPS) is 9.44. The Morgan fingerprint density at radius 1 is 1.06 bits per heavy atom. The maximum atomic E-state index is 11.3. The molecule has 0 aliphatic heterocycles. The van der Waals surface area contributed by atoms with E-state index in [1.54, 1.807) is 24.3 Å². The molecule has 0 saturated carbocycles. The van der Waals surface area contributed by atoms with Crippen molar-refractivity contribution in [3.63, 3.8) is 0 Å². The summed E-state index contributed by atoms with van der Waals surface area (Å²) in [6.07, 6.45) is 0. The lowest BCUT2D eigenvalue weighted by Gasteiger charge is -2.11. The minimum atomic E-state index is -0.694. The van der Waals surface area contributed by atoms with Crippen LogP contribution >= 0.6 is 0 Å². The Kier molecular flexibility index (Phi) is 3.88. The van der Waals surface area contributed by atoms with Gasteiger partial charge in [-0.3, -0.25) is 0 Å². The lowest BCUT2D eigenvalue weighted by molar-refractivity contribution is -0.231. The highest BCUT2D eigenvalue weighted by Gasteiger charge is 2.09. The average Bonchev–Trinajstić information content (AvgIpc) is 2.26. The molecule has 1 aromatic carbocycles. The van der Waals surface area contributed by atoms with Gasteiger partial charge in [-0.25, -0.2) is 19.4 Å². The Hall–Kier alpha value is -2.04. The molecular weight excluding hydrogens is 210 g/mol. The Labute approximate surface area is 93.5 Å². The lowest BCUT2D eigenvalue weighted by Crippen LogP contribution is -2.11. The van der Waals surface area contributed by atoms with Crippen LogP contribution in [0.2, 0.25) is 0 Å². The summed E-state index contributed by atoms with van der Waals surface area (Å²) >= 11 is 0. The third-order valence-electron chi connectivity index (χ3n) is 1.85. The minimum Gasteiger partial charge on any atom is -0.378 e. The second-order valence-electron chi connectivity index (χ2n) is 3.39. The van der Waals surface area contributed by atoms with E-state index in [0.29, 0.717) is 5.56 Å². The molecule has 0 N–H and O–H groups in total. The van der Waals surface area contributed by atoms with Gasteiger partial charge in [-0.1, -0.05) is 0 Å². The van der Waals surface area contributed by atoms with Crippen LogP contribution in [0.25, 0.3) is 0 Å². The summed E-state index contributed by atoms with van der Waals surface area (Å²) in [5, 5.41) is 0. The van der Waals surface area contributed by atoms with Crippen molar-refractivity contribution in [1.29, 1.82) is 0 Å². The quantitative estimate of drug-likeness (QED) is 0.560. The van der Waals surface area contributed by atoms with E-state index in [4.69, 9.17) is 0 Å². The van der Waals surface area contributed by atoms with E-state index in [-0.39, 0.29) is 0 Å². The summed E-state index contributed by atoms with van der Waals surface area (Å²) in [6.45, 7) is 1.16. The van der Waals surface area contributed by atoms with Crippen LogP contribution < -0.4 is 4.90 Å². The summed E-state index contributed by atoms with van der Waals surface area (Å²) in [5.41, 5.74) is 1.29. The Bertz CT molecular complexity index is 383. The van der Waals surface area contributed by atoms with Gasteiger partial charge in [-0.15, -0.1) is 0 Å². The molecule has 0 radical (unpaired) electrons. The number of nitrogens with zero attached hydrogens (tertiary/aromatic N) is 1. The second-order valence-corrected chi connectivity index (χ2v) is 3.39. The van der Waals surface area contributed by atoms with Crippen LogP contribution in [0.4, 0.5) is 5.69 Å². The molecule has 0 heterocycles. The third-order valence-corrected chi connectivity index (χ3v) is 1.85. The molecule has 0 unspecified atom stereocenters. The fourth-order valence-corrected chi connectivity index (χ4v) is 1.04. The molecule has 0 saturated heterocycles. The number of hydrogen-bond acceptors (Lipinski definition) is 5. The average molecular weight is 223 g/mol. The predicted octanol–water partition coefficient (Wildman–Crippen LogP) is 1.39. The second kappa shape index (κ2) is 5.16. The van der Waals surface area contributed by atoms with Crippen molar-refractivity contribution in [3.8, 4) is 0 Å². The topological polar surface area (TPSA) is 55.8 Å². The van der Waals surface area contributed by atoms with Crippen molar-refractivity contribution in [2.45, 2.75) is 6.92 Å². The molecule has 5 heteroatoms. The first-order valence-corrected chi connectivity index (χ1v) is 4.67. The van der Waals surface area contributed by atoms with Gasteiger partial charge in [0, 0.05) is 26.7 Å². The molecular formula is C11H13NO4. The van der Waals surface area contributed by atoms with E-state index in [2.05, 4.69) is 9.78 Å². The van der Waals surface area contributed by atoms with Gasteiger partial charge in [0.2, 0.25) is 0 Å². The summed E-state index contributed by atoms with van der Waals surface area (Å²) in [7, 11) is 3.79. The number of carbonyl (C=O) groups is 2. The van der Waals surface area contributed by atoms with E-state index in [0.717, 1.165) is 12.6 Å². The van der Waals surface area contributed by atoms with Gasteiger partial charge in [0.05, 0.1) is 5.56 Å². The zero-order valence-corrected chi connectivity index (χ0v) is 9.39. The maximum absolute atomic E-state index is 11.3. The lowest BCUT2D eigenvalue weighted by atomic mass is 10.2. The number of rotatable bonds is 2. The van der Waals surface area contributed by atoms with E-state index >= 15 is 0 Å². The van der Waals surface area contributed by atoms with Crippen LogP contribution in [0.15, 0.2) is 24.3 Å². The molecule has 0 aliphatic rings. The highest BCUT2D eigenvalue weighted by molar-refractivity contribution is 5.89. The first kappa shape index (κ1) is 12.0. The number of benzene rings is 1. The molecule has 5 nitrogen and oxygen atoms in total. The number of carbonyl (C=O) groups excluding carboxylic acids is 2. The zero-order chi connectivity index (χ0) is 12.1. The van der Waals surface area contributed by atoms with Crippen LogP contribution in [0.1, 0.15) is 17.3 Å². The van der Waals surface area contributed by atoms with Crippen molar-refractivity contribution in [1.82, 2.24) is 0 Å². The molecule has 0 fully saturated rings. The van der Waals surface area contributed by atoms with Crippen LogP contribution in [0.3, 0.4) is 0 Å². The molecule has 0 aromatic heterocycles. The van der Waals surface area contributed by atoms with Crippen LogP contribution in [-0.2, 0) is 14.6 Å². The maximum Gasteiger partial charge on any atom is 0.386 e. The third kappa shape index (κ3) is 3.27. The van der Waals surface area contributed by atoms with Crippen LogP contribution in [0, 0.1) is 0 Å². The standard InChI is InChI=1S/C11H13NO4/c1-8(13)15-16-11(14)9-4-6-10(7-5-9)12(2)3/h4-7H,1-3H3. The monoisotopic (exact) mass is 223 g/mol. The highest BCUT2D eigenvalue weighted by Crippen LogP contribution is 2.12. The summed E-state index contributed by atoms with van der Waals surface area (Å²) in [4.78, 5) is 32.1. The molecule has 0 aliphatic carbocycles. The van der Waals surface area contributed by atoms with Crippen molar-refractivity contribution in [2.75, 3.05) is 19.0 Å². The SMILES string of the molecule is CC(=O)OOC(=O)c1ccc(N(C)C)cc1. The zero-order valence-electron chi connectivity index (χ0n) is 9.39. The molecule has 16 heavy (non-hydrogen) atoms. The summed E-state index contributed by atoms with van der Waals surface area (Å²) in [6, 6.07) is 6.73. The molecule has 0 bridgehead atoms. The fourth-order valence-electron chi connectivity index (χ4n) is 1.04. The molecule has 86 valence electrons. The van der Waals surface area contributed by atoms with E-state index in [9.17, 15) is 9.59 Å². The van der Waals surface area contributed by atoms with Gasteiger partial charge < -0.3 is 4.90 Å². The van der Waals surface area contributed by atoms with Crippen molar-refractivity contribution >= 4 is 17.6 Å². The smallest absolute Gasteiger partial charge is 0.378 e. The predicted molar refractivity (Wildman–Crippen MR) is 58.0 cm³/mol. The van der Waals surface area contributed by atoms with Crippen molar-refractivity contribution in [2.24, 2.45) is 0 Å². The first-order valence-electron chi connectivity index (χ1n) is 4.67. The van der Waals surface area contributed by atoms with E-state index < -0.39 is 11.9 Å². The van der Waals surface area contributed by atoms with E-state index in [1.165, 1.54) is 0 Å². The van der Waals surface area contributed by atoms with Gasteiger partial charge in [-0.05, 0) is 24.3 Å².